The predicted molar refractivity (Wildman–Crippen MR) is 185 cm³/mol. The smallest absolute Gasteiger partial charge is 0.0665 e. The lowest BCUT2D eigenvalue weighted by molar-refractivity contribution is 0.742. The molecule has 0 aliphatic rings. The van der Waals surface area contributed by atoms with Gasteiger partial charge in [-0.1, -0.05) is 121 Å². The summed E-state index contributed by atoms with van der Waals surface area (Å²) in [5.74, 6) is 0. The van der Waals surface area contributed by atoms with Crippen LogP contribution in [0.3, 0.4) is 0 Å². The number of unbranched alkanes of at least 4 members (excludes halogenated alkanes) is 7. The highest BCUT2D eigenvalue weighted by molar-refractivity contribution is 6.43. The molecular formula is C39H58N2. The minimum atomic E-state index is 0.986. The third kappa shape index (κ3) is 14.6. The second-order valence-electron chi connectivity index (χ2n) is 11.2. The molecule has 2 heteroatoms. The first-order valence-corrected chi connectivity index (χ1v) is 16.8. The molecule has 0 heterocycles. The van der Waals surface area contributed by atoms with E-state index in [9.17, 15) is 0 Å². The Morgan fingerprint density at radius 3 is 1.39 bits per heavy atom. The average molecular weight is 555 g/mol. The highest BCUT2D eigenvalue weighted by Gasteiger charge is 2.13. The Bertz CT molecular complexity index is 1070. The molecule has 0 atom stereocenters. The Balaban J connectivity index is 2.36. The zero-order chi connectivity index (χ0) is 29.4. The molecule has 0 bridgehead atoms. The number of allylic oxidation sites excluding steroid dienone is 4. The summed E-state index contributed by atoms with van der Waals surface area (Å²) >= 11 is 0. The van der Waals surface area contributed by atoms with Crippen molar-refractivity contribution in [3.8, 4) is 0 Å². The van der Waals surface area contributed by atoms with E-state index in [0.717, 1.165) is 82.0 Å². The van der Waals surface area contributed by atoms with Crippen LogP contribution < -0.4 is 0 Å². The number of rotatable bonds is 22. The van der Waals surface area contributed by atoms with Gasteiger partial charge in [-0.3, -0.25) is 9.98 Å². The molecule has 41 heavy (non-hydrogen) atoms. The Morgan fingerprint density at radius 2 is 0.927 bits per heavy atom. The van der Waals surface area contributed by atoms with Crippen LogP contribution in [0.5, 0.6) is 0 Å². The Kier molecular flexibility index (Phi) is 19.2. The summed E-state index contributed by atoms with van der Waals surface area (Å²) in [6.45, 7) is 9.03. The molecule has 224 valence electrons. The second kappa shape index (κ2) is 22.9. The van der Waals surface area contributed by atoms with Gasteiger partial charge < -0.3 is 0 Å². The van der Waals surface area contributed by atoms with E-state index in [-0.39, 0.29) is 0 Å². The van der Waals surface area contributed by atoms with Crippen LogP contribution in [0, 0.1) is 0 Å². The lowest BCUT2D eigenvalue weighted by Gasteiger charge is -2.14. The van der Waals surface area contributed by atoms with Crippen LogP contribution in [0.1, 0.15) is 135 Å². The van der Waals surface area contributed by atoms with Crippen LogP contribution in [0.15, 0.2) is 82.8 Å². The summed E-state index contributed by atoms with van der Waals surface area (Å²) in [4.78, 5) is 10.8. The topological polar surface area (TPSA) is 24.7 Å². The van der Waals surface area contributed by atoms with Gasteiger partial charge in [-0.15, -0.1) is 0 Å². The van der Waals surface area contributed by atoms with Gasteiger partial charge in [0.2, 0.25) is 0 Å². The fourth-order valence-corrected chi connectivity index (χ4v) is 4.99. The van der Waals surface area contributed by atoms with Crippen LogP contribution in [0.2, 0.25) is 0 Å². The van der Waals surface area contributed by atoms with E-state index >= 15 is 0 Å². The number of aryl methyl sites for hydroxylation is 2. The van der Waals surface area contributed by atoms with E-state index in [4.69, 9.17) is 9.98 Å². The normalized spacial score (nSPS) is 12.7. The summed E-state index contributed by atoms with van der Waals surface area (Å²) in [6.07, 6.45) is 28.8. The minimum absolute atomic E-state index is 0.986. The molecule has 0 unspecified atom stereocenters. The van der Waals surface area contributed by atoms with Crippen LogP contribution in [0.25, 0.3) is 0 Å². The summed E-state index contributed by atoms with van der Waals surface area (Å²) in [5.41, 5.74) is 7.36. The van der Waals surface area contributed by atoms with Gasteiger partial charge in [0.05, 0.1) is 22.8 Å². The van der Waals surface area contributed by atoms with E-state index in [2.05, 4.69) is 101 Å². The number of nitrogens with zero attached hydrogens (tertiary/aromatic N) is 2. The van der Waals surface area contributed by atoms with Gasteiger partial charge in [0, 0.05) is 0 Å². The van der Waals surface area contributed by atoms with E-state index in [0.29, 0.717) is 0 Å². The number of hydrogen-bond donors (Lipinski definition) is 0. The van der Waals surface area contributed by atoms with Crippen LogP contribution in [-0.2, 0) is 12.8 Å². The molecule has 0 amide bonds. The Hall–Kier alpha value is -2.74. The maximum Gasteiger partial charge on any atom is 0.0665 e. The summed E-state index contributed by atoms with van der Waals surface area (Å²) < 4.78 is 0. The molecule has 0 fully saturated rings. The minimum Gasteiger partial charge on any atom is -0.251 e. The van der Waals surface area contributed by atoms with Crippen molar-refractivity contribution in [2.24, 2.45) is 9.98 Å². The highest BCUT2D eigenvalue weighted by atomic mass is 14.8. The lowest BCUT2D eigenvalue weighted by atomic mass is 10.0. The fraction of sp³-hybridized carbons (Fsp3) is 0.538. The van der Waals surface area contributed by atoms with Crippen molar-refractivity contribution in [1.29, 1.82) is 0 Å². The quantitative estimate of drug-likeness (QED) is 0.0785. The van der Waals surface area contributed by atoms with Crippen LogP contribution >= 0.6 is 0 Å². The lowest BCUT2D eigenvalue weighted by Crippen LogP contribution is -2.15. The first kappa shape index (κ1) is 34.5. The van der Waals surface area contributed by atoms with E-state index in [1.54, 1.807) is 0 Å². The molecule has 0 aliphatic heterocycles. The van der Waals surface area contributed by atoms with Crippen molar-refractivity contribution in [2.45, 2.75) is 137 Å². The molecule has 0 N–H and O–H groups in total. The number of hydrogen-bond acceptors (Lipinski definition) is 2. The molecule has 0 spiro atoms. The van der Waals surface area contributed by atoms with Crippen molar-refractivity contribution in [1.82, 2.24) is 0 Å². The van der Waals surface area contributed by atoms with Gasteiger partial charge in [-0.05, 0) is 100 Å². The monoisotopic (exact) mass is 554 g/mol. The first-order chi connectivity index (χ1) is 20.2. The predicted octanol–water partition coefficient (Wildman–Crippen LogP) is 12.7. The third-order valence-electron chi connectivity index (χ3n) is 7.49. The summed E-state index contributed by atoms with van der Waals surface area (Å²) in [6, 6.07) is 17.6. The average Bonchev–Trinajstić information content (AvgIpc) is 2.99. The maximum atomic E-state index is 5.40. The largest absolute Gasteiger partial charge is 0.251 e. The number of para-hydroxylation sites is 2. The van der Waals surface area contributed by atoms with Crippen molar-refractivity contribution in [3.05, 3.63) is 84.0 Å². The Labute approximate surface area is 253 Å². The molecule has 2 aromatic carbocycles. The molecule has 0 saturated heterocycles. The third-order valence-corrected chi connectivity index (χ3v) is 7.49. The number of aliphatic imine (C=N–C) groups is 2. The zero-order valence-electron chi connectivity index (χ0n) is 26.8. The summed E-state index contributed by atoms with van der Waals surface area (Å²) in [5, 5.41) is 0. The molecule has 2 aromatic rings. The molecule has 2 nitrogen and oxygen atoms in total. The van der Waals surface area contributed by atoms with Crippen LogP contribution in [0.4, 0.5) is 11.4 Å². The molecule has 0 saturated carbocycles. The fourth-order valence-electron chi connectivity index (χ4n) is 4.99. The van der Waals surface area contributed by atoms with Crippen molar-refractivity contribution in [2.75, 3.05) is 0 Å². The maximum absolute atomic E-state index is 5.40. The van der Waals surface area contributed by atoms with E-state index < -0.39 is 0 Å². The van der Waals surface area contributed by atoms with Gasteiger partial charge in [0.15, 0.2) is 0 Å². The molecular weight excluding hydrogens is 496 g/mol. The zero-order valence-corrected chi connectivity index (χ0v) is 26.8. The van der Waals surface area contributed by atoms with Gasteiger partial charge in [0.25, 0.3) is 0 Å². The molecule has 0 aromatic heterocycles. The first-order valence-electron chi connectivity index (χ1n) is 16.8. The number of benzene rings is 2. The SMILES string of the molecule is CCCC=CCCCc1ccccc1N=C(CCCC)C(CCCCC)=Nc1ccccc1CCCC=CCCC. The Morgan fingerprint density at radius 1 is 0.488 bits per heavy atom. The molecule has 0 aliphatic carbocycles. The van der Waals surface area contributed by atoms with Gasteiger partial charge in [-0.25, -0.2) is 0 Å². The molecule has 0 radical (unpaired) electrons. The van der Waals surface area contributed by atoms with E-state index in [1.165, 1.54) is 61.1 Å². The van der Waals surface area contributed by atoms with Crippen molar-refractivity contribution >= 4 is 22.8 Å². The standard InChI is InChI=1S/C39H58N2/c1-5-9-13-15-17-20-26-34-28-22-24-31-36(34)40-38(30-12-8-4)39(33-19-11-7-3)41-37-32-25-23-29-35(37)27-21-18-16-14-10-6-2/h13-16,22-25,28-29,31-32H,5-12,17-21,26-27,30,33H2,1-4H3. The van der Waals surface area contributed by atoms with Gasteiger partial charge in [0.1, 0.15) is 0 Å². The summed E-state index contributed by atoms with van der Waals surface area (Å²) in [7, 11) is 0. The molecule has 2 rings (SSSR count). The van der Waals surface area contributed by atoms with E-state index in [1.807, 2.05) is 0 Å². The highest BCUT2D eigenvalue weighted by Crippen LogP contribution is 2.26. The second-order valence-corrected chi connectivity index (χ2v) is 11.2. The van der Waals surface area contributed by atoms with Crippen molar-refractivity contribution in [3.63, 3.8) is 0 Å². The van der Waals surface area contributed by atoms with Crippen LogP contribution in [-0.4, -0.2) is 11.4 Å². The van der Waals surface area contributed by atoms with Gasteiger partial charge in [-0.2, -0.15) is 0 Å². The van der Waals surface area contributed by atoms with Gasteiger partial charge >= 0.3 is 0 Å². The van der Waals surface area contributed by atoms with Crippen molar-refractivity contribution < 1.29 is 0 Å².